The van der Waals surface area contributed by atoms with Gasteiger partial charge in [-0.3, -0.25) is 5.10 Å². The van der Waals surface area contributed by atoms with E-state index in [2.05, 4.69) is 31.8 Å². The number of phenols is 1. The summed E-state index contributed by atoms with van der Waals surface area (Å²) >= 11 is 0. The highest BCUT2D eigenvalue weighted by molar-refractivity contribution is 5.73. The van der Waals surface area contributed by atoms with Crippen LogP contribution >= 0.6 is 0 Å². The molecule has 0 amide bonds. The van der Waals surface area contributed by atoms with Gasteiger partial charge in [-0.15, -0.1) is 0 Å². The normalized spacial score (nSPS) is 24.2. The van der Waals surface area contributed by atoms with Gasteiger partial charge in [0.15, 0.2) is 0 Å². The Balaban J connectivity index is 1.31. The van der Waals surface area contributed by atoms with Gasteiger partial charge in [-0.05, 0) is 67.9 Å². The number of H-pyrrole nitrogens is 1. The molecule has 3 atom stereocenters. The van der Waals surface area contributed by atoms with Crippen LogP contribution in [-0.4, -0.2) is 37.6 Å². The third-order valence-electron chi connectivity index (χ3n) is 5.89. The van der Waals surface area contributed by atoms with Crippen molar-refractivity contribution < 1.29 is 5.11 Å². The third-order valence-corrected chi connectivity index (χ3v) is 5.89. The van der Waals surface area contributed by atoms with E-state index in [-0.39, 0.29) is 5.75 Å². The quantitative estimate of drug-likeness (QED) is 0.664. The van der Waals surface area contributed by atoms with E-state index in [1.54, 1.807) is 18.5 Å². The fraction of sp³-hybridized carbons (Fsp3) is 0.381. The standard InChI is InChI=1S/C21H23N5O/c27-21-10-14(15-11-22-23-12-15)1-5-19(21)20-6-4-18(25-26-20)9-13-7-16-2-3-17(8-13)24-16/h1,4-6,10-13,16-17,24,27H,2-3,7-9H2,(H,22,23)/t13?,16-,17+. The molecule has 2 aliphatic rings. The lowest BCUT2D eigenvalue weighted by atomic mass is 9.88. The molecule has 2 aliphatic heterocycles. The van der Waals surface area contributed by atoms with E-state index in [9.17, 15) is 5.11 Å². The summed E-state index contributed by atoms with van der Waals surface area (Å²) in [7, 11) is 0. The molecule has 5 rings (SSSR count). The molecule has 2 saturated heterocycles. The van der Waals surface area contributed by atoms with Crippen molar-refractivity contribution in [2.45, 2.75) is 44.2 Å². The van der Waals surface area contributed by atoms with Crippen molar-refractivity contribution in [1.29, 1.82) is 0 Å². The first-order valence-electron chi connectivity index (χ1n) is 9.66. The molecular weight excluding hydrogens is 338 g/mol. The summed E-state index contributed by atoms with van der Waals surface area (Å²) in [6, 6.07) is 11.0. The topological polar surface area (TPSA) is 86.7 Å². The van der Waals surface area contributed by atoms with E-state index >= 15 is 0 Å². The van der Waals surface area contributed by atoms with Crippen molar-refractivity contribution in [3.8, 4) is 28.1 Å². The zero-order chi connectivity index (χ0) is 18.2. The van der Waals surface area contributed by atoms with E-state index in [0.717, 1.165) is 23.2 Å². The Kier molecular flexibility index (Phi) is 4.13. The number of rotatable bonds is 4. The number of aromatic amines is 1. The highest BCUT2D eigenvalue weighted by Crippen LogP contribution is 2.34. The lowest BCUT2D eigenvalue weighted by molar-refractivity contribution is 0.296. The molecule has 1 aromatic carbocycles. The molecule has 3 aromatic rings. The number of benzene rings is 1. The fourth-order valence-electron chi connectivity index (χ4n) is 4.59. The van der Waals surface area contributed by atoms with E-state index in [4.69, 9.17) is 0 Å². The largest absolute Gasteiger partial charge is 0.507 e. The third kappa shape index (κ3) is 3.32. The highest BCUT2D eigenvalue weighted by atomic mass is 16.3. The second-order valence-corrected chi connectivity index (χ2v) is 7.81. The van der Waals surface area contributed by atoms with Crippen LogP contribution in [0.1, 0.15) is 31.4 Å². The second-order valence-electron chi connectivity index (χ2n) is 7.81. The SMILES string of the molecule is Oc1cc(-c2cn[nH]c2)ccc1-c1ccc(CC2C[C@H]3CC[C@@H](C2)N3)nn1. The Morgan fingerprint density at radius 1 is 1.00 bits per heavy atom. The molecular formula is C21H23N5O. The minimum Gasteiger partial charge on any atom is -0.507 e. The number of hydrogen-bond acceptors (Lipinski definition) is 5. The van der Waals surface area contributed by atoms with E-state index in [1.807, 2.05) is 18.2 Å². The average Bonchev–Trinajstić information content (AvgIpc) is 3.32. The van der Waals surface area contributed by atoms with Crippen molar-refractivity contribution in [2.24, 2.45) is 5.92 Å². The summed E-state index contributed by atoms with van der Waals surface area (Å²) in [5.41, 5.74) is 4.28. The molecule has 1 unspecified atom stereocenters. The number of fused-ring (bicyclic) bond motifs is 2. The van der Waals surface area contributed by atoms with Crippen LogP contribution in [0.4, 0.5) is 0 Å². The van der Waals surface area contributed by atoms with Gasteiger partial charge in [0.05, 0.1) is 17.6 Å². The van der Waals surface area contributed by atoms with Gasteiger partial charge in [0, 0.05) is 29.4 Å². The maximum atomic E-state index is 10.4. The van der Waals surface area contributed by atoms with Gasteiger partial charge in [-0.2, -0.15) is 15.3 Å². The molecule has 4 heterocycles. The van der Waals surface area contributed by atoms with Crippen LogP contribution in [0.3, 0.4) is 0 Å². The predicted molar refractivity (Wildman–Crippen MR) is 103 cm³/mol. The monoisotopic (exact) mass is 361 g/mol. The molecule has 0 radical (unpaired) electrons. The van der Waals surface area contributed by atoms with Gasteiger partial charge >= 0.3 is 0 Å². The molecule has 0 saturated carbocycles. The average molecular weight is 361 g/mol. The summed E-state index contributed by atoms with van der Waals surface area (Å²) in [6.07, 6.45) is 9.66. The summed E-state index contributed by atoms with van der Waals surface area (Å²) < 4.78 is 0. The lowest BCUT2D eigenvalue weighted by Crippen LogP contribution is -2.38. The summed E-state index contributed by atoms with van der Waals surface area (Å²) in [5.74, 6) is 0.900. The van der Waals surface area contributed by atoms with Crippen molar-refractivity contribution in [3.63, 3.8) is 0 Å². The van der Waals surface area contributed by atoms with Crippen molar-refractivity contribution in [3.05, 3.63) is 48.4 Å². The van der Waals surface area contributed by atoms with Crippen molar-refractivity contribution >= 4 is 0 Å². The van der Waals surface area contributed by atoms with Crippen molar-refractivity contribution in [1.82, 2.24) is 25.7 Å². The number of hydrogen-bond donors (Lipinski definition) is 3. The first-order valence-corrected chi connectivity index (χ1v) is 9.66. The fourth-order valence-corrected chi connectivity index (χ4v) is 4.59. The van der Waals surface area contributed by atoms with Crippen molar-refractivity contribution in [2.75, 3.05) is 0 Å². The Hall–Kier alpha value is -2.73. The highest BCUT2D eigenvalue weighted by Gasteiger charge is 2.33. The molecule has 2 bridgehead atoms. The van der Waals surface area contributed by atoms with E-state index < -0.39 is 0 Å². The van der Waals surface area contributed by atoms with Gasteiger partial charge < -0.3 is 10.4 Å². The summed E-state index contributed by atoms with van der Waals surface area (Å²) in [5, 5.41) is 29.7. The van der Waals surface area contributed by atoms with E-state index in [1.165, 1.54) is 25.7 Å². The van der Waals surface area contributed by atoms with Crippen LogP contribution in [0.2, 0.25) is 0 Å². The Labute approximate surface area is 158 Å². The number of aromatic hydroxyl groups is 1. The van der Waals surface area contributed by atoms with Crippen LogP contribution < -0.4 is 5.32 Å². The number of piperidine rings is 1. The Morgan fingerprint density at radius 3 is 2.52 bits per heavy atom. The molecule has 27 heavy (non-hydrogen) atoms. The maximum absolute atomic E-state index is 10.4. The van der Waals surface area contributed by atoms with Crippen LogP contribution in [0, 0.1) is 5.92 Å². The molecule has 138 valence electrons. The summed E-state index contributed by atoms with van der Waals surface area (Å²) in [6.45, 7) is 0. The smallest absolute Gasteiger partial charge is 0.125 e. The molecule has 2 fully saturated rings. The predicted octanol–water partition coefficient (Wildman–Crippen LogP) is 3.31. The van der Waals surface area contributed by atoms with Gasteiger partial charge in [0.1, 0.15) is 5.75 Å². The first kappa shape index (κ1) is 16.4. The lowest BCUT2D eigenvalue weighted by Gasteiger charge is -2.28. The van der Waals surface area contributed by atoms with Gasteiger partial charge in [-0.1, -0.05) is 6.07 Å². The second kappa shape index (κ2) is 6.78. The Morgan fingerprint density at radius 2 is 1.85 bits per heavy atom. The number of nitrogens with zero attached hydrogens (tertiary/aromatic N) is 3. The zero-order valence-electron chi connectivity index (χ0n) is 15.1. The molecule has 0 aliphatic carbocycles. The molecule has 6 nitrogen and oxygen atoms in total. The van der Waals surface area contributed by atoms with Gasteiger partial charge in [0.2, 0.25) is 0 Å². The van der Waals surface area contributed by atoms with Crippen LogP contribution in [-0.2, 0) is 6.42 Å². The van der Waals surface area contributed by atoms with Crippen LogP contribution in [0.5, 0.6) is 5.75 Å². The molecule has 3 N–H and O–H groups in total. The number of phenolic OH excluding ortho intramolecular Hbond substituents is 1. The number of aromatic nitrogens is 4. The van der Waals surface area contributed by atoms with Gasteiger partial charge in [-0.25, -0.2) is 0 Å². The molecule has 6 heteroatoms. The van der Waals surface area contributed by atoms with Crippen LogP contribution in [0.15, 0.2) is 42.7 Å². The zero-order valence-corrected chi connectivity index (χ0v) is 15.1. The minimum absolute atomic E-state index is 0.200. The first-order chi connectivity index (χ1) is 13.2. The maximum Gasteiger partial charge on any atom is 0.125 e. The van der Waals surface area contributed by atoms with Gasteiger partial charge in [0.25, 0.3) is 0 Å². The number of nitrogens with one attached hydrogen (secondary N) is 2. The molecule has 2 aromatic heterocycles. The molecule has 0 spiro atoms. The summed E-state index contributed by atoms with van der Waals surface area (Å²) in [4.78, 5) is 0. The Bertz CT molecular complexity index is 910. The minimum atomic E-state index is 0.200. The van der Waals surface area contributed by atoms with E-state index in [0.29, 0.717) is 29.3 Å². The van der Waals surface area contributed by atoms with Crippen LogP contribution in [0.25, 0.3) is 22.4 Å².